The molecule has 0 aliphatic heterocycles. The Kier molecular flexibility index (Phi) is 4.06. The third-order valence-corrected chi connectivity index (χ3v) is 4.89. The molecule has 0 aliphatic carbocycles. The van der Waals surface area contributed by atoms with Crippen LogP contribution in [-0.4, -0.2) is 19.3 Å². The van der Waals surface area contributed by atoms with Gasteiger partial charge in [-0.15, -0.1) is 0 Å². The molecule has 5 aromatic rings. The third kappa shape index (κ3) is 2.93. The van der Waals surface area contributed by atoms with E-state index in [2.05, 4.69) is 5.10 Å². The Morgan fingerprint density at radius 3 is 2.17 bits per heavy atom. The third-order valence-electron chi connectivity index (χ3n) is 4.89. The number of aryl methyl sites for hydroxylation is 1. The van der Waals surface area contributed by atoms with E-state index in [4.69, 9.17) is 4.98 Å². The lowest BCUT2D eigenvalue weighted by Crippen LogP contribution is -2.22. The fraction of sp³-hybridized carbons (Fsp3) is 0.0417. The summed E-state index contributed by atoms with van der Waals surface area (Å²) in [6, 6.07) is 27.3. The number of benzene rings is 3. The quantitative estimate of drug-likeness (QED) is 0.463. The van der Waals surface area contributed by atoms with Crippen molar-refractivity contribution in [3.8, 4) is 22.8 Å². The van der Waals surface area contributed by atoms with Gasteiger partial charge < -0.3 is 0 Å². The van der Waals surface area contributed by atoms with E-state index < -0.39 is 0 Å². The van der Waals surface area contributed by atoms with Crippen molar-refractivity contribution >= 4 is 11.0 Å². The number of aromatic nitrogens is 4. The molecule has 0 bridgehead atoms. The van der Waals surface area contributed by atoms with Crippen molar-refractivity contribution in [3.63, 3.8) is 0 Å². The molecule has 140 valence electrons. The number of fused-ring (bicyclic) bond motifs is 1. The van der Waals surface area contributed by atoms with Crippen LogP contribution in [-0.2, 0) is 0 Å². The van der Waals surface area contributed by atoms with Gasteiger partial charge in [-0.2, -0.15) is 5.10 Å². The number of hydrogen-bond donors (Lipinski definition) is 0. The first-order chi connectivity index (χ1) is 14.2. The molecule has 0 fully saturated rings. The first-order valence-corrected chi connectivity index (χ1v) is 9.41. The van der Waals surface area contributed by atoms with Crippen LogP contribution in [0.5, 0.6) is 0 Å². The van der Waals surface area contributed by atoms with E-state index in [1.54, 1.807) is 15.4 Å². The van der Waals surface area contributed by atoms with Crippen LogP contribution >= 0.6 is 0 Å². The highest BCUT2D eigenvalue weighted by molar-refractivity contribution is 5.79. The minimum Gasteiger partial charge on any atom is -0.268 e. The van der Waals surface area contributed by atoms with Gasteiger partial charge in [0.2, 0.25) is 0 Å². The zero-order chi connectivity index (χ0) is 19.8. The van der Waals surface area contributed by atoms with Crippen molar-refractivity contribution in [2.45, 2.75) is 6.92 Å². The maximum absolute atomic E-state index is 13.5. The second kappa shape index (κ2) is 6.87. The topological polar surface area (TPSA) is 52.7 Å². The van der Waals surface area contributed by atoms with Crippen LogP contribution in [0.1, 0.15) is 5.56 Å². The lowest BCUT2D eigenvalue weighted by molar-refractivity contribution is 0.888. The summed E-state index contributed by atoms with van der Waals surface area (Å²) in [4.78, 5) is 18.4. The van der Waals surface area contributed by atoms with Gasteiger partial charge in [0.1, 0.15) is 11.2 Å². The van der Waals surface area contributed by atoms with Gasteiger partial charge in [0.05, 0.1) is 17.6 Å². The van der Waals surface area contributed by atoms with Gasteiger partial charge >= 0.3 is 0 Å². The molecule has 2 heterocycles. The van der Waals surface area contributed by atoms with E-state index in [1.807, 2.05) is 91.9 Å². The molecule has 5 rings (SSSR count). The summed E-state index contributed by atoms with van der Waals surface area (Å²) >= 11 is 0. The summed E-state index contributed by atoms with van der Waals surface area (Å²) in [7, 11) is 0. The highest BCUT2D eigenvalue weighted by atomic mass is 16.1. The Bertz CT molecular complexity index is 1370. The number of rotatable bonds is 3. The Morgan fingerprint density at radius 2 is 1.48 bits per heavy atom. The summed E-state index contributed by atoms with van der Waals surface area (Å²) in [5, 5.41) is 4.93. The average molecular weight is 378 g/mol. The van der Waals surface area contributed by atoms with Gasteiger partial charge in [0.15, 0.2) is 5.65 Å². The van der Waals surface area contributed by atoms with Crippen molar-refractivity contribution < 1.29 is 0 Å². The molecule has 0 radical (unpaired) electrons. The molecule has 0 N–H and O–H groups in total. The Labute approximate surface area is 167 Å². The van der Waals surface area contributed by atoms with Crippen LogP contribution in [0.3, 0.4) is 0 Å². The van der Waals surface area contributed by atoms with Gasteiger partial charge in [-0.1, -0.05) is 60.2 Å². The number of nitrogens with zero attached hydrogens (tertiary/aromatic N) is 4. The van der Waals surface area contributed by atoms with E-state index >= 15 is 0 Å². The predicted molar refractivity (Wildman–Crippen MR) is 115 cm³/mol. The van der Waals surface area contributed by atoms with Gasteiger partial charge in [0, 0.05) is 5.56 Å². The monoisotopic (exact) mass is 378 g/mol. The van der Waals surface area contributed by atoms with Crippen LogP contribution in [0.2, 0.25) is 0 Å². The fourth-order valence-corrected chi connectivity index (χ4v) is 3.52. The first-order valence-electron chi connectivity index (χ1n) is 9.41. The normalized spacial score (nSPS) is 11.1. The highest BCUT2D eigenvalue weighted by Crippen LogP contribution is 2.24. The van der Waals surface area contributed by atoms with Crippen molar-refractivity contribution in [2.75, 3.05) is 0 Å². The summed E-state index contributed by atoms with van der Waals surface area (Å²) in [5.41, 5.74) is 4.03. The minimum absolute atomic E-state index is 0.139. The van der Waals surface area contributed by atoms with Crippen LogP contribution in [0.4, 0.5) is 0 Å². The SMILES string of the molecule is Cc1cccc(-c2nc3c(cnn3-c3ccccc3)c(=O)n2-c2ccccc2)c1. The predicted octanol–water partition coefficient (Wildman–Crippen LogP) is 4.55. The average Bonchev–Trinajstić information content (AvgIpc) is 3.19. The van der Waals surface area contributed by atoms with Gasteiger partial charge in [-0.3, -0.25) is 9.36 Å². The summed E-state index contributed by atoms with van der Waals surface area (Å²) in [6.45, 7) is 2.03. The van der Waals surface area contributed by atoms with Crippen molar-refractivity contribution in [1.29, 1.82) is 0 Å². The standard InChI is InChI=1S/C24H18N4O/c1-17-9-8-10-18(15-17)22-26-23-21(16-25-28(23)20-13-6-3-7-14-20)24(29)27(22)19-11-4-2-5-12-19/h2-16H,1H3. The molecule has 0 amide bonds. The van der Waals surface area contributed by atoms with Crippen LogP contribution in [0, 0.1) is 6.92 Å². The summed E-state index contributed by atoms with van der Waals surface area (Å²) in [6.07, 6.45) is 1.59. The van der Waals surface area contributed by atoms with Crippen LogP contribution in [0.15, 0.2) is 95.9 Å². The molecule has 3 aromatic carbocycles. The molecule has 0 spiro atoms. The smallest absolute Gasteiger partial charge is 0.268 e. The Hall–Kier alpha value is -3.99. The van der Waals surface area contributed by atoms with E-state index in [9.17, 15) is 4.79 Å². The van der Waals surface area contributed by atoms with Gasteiger partial charge in [-0.25, -0.2) is 9.67 Å². The van der Waals surface area contributed by atoms with E-state index in [1.165, 1.54) is 0 Å². The van der Waals surface area contributed by atoms with E-state index in [-0.39, 0.29) is 5.56 Å². The molecule has 5 nitrogen and oxygen atoms in total. The molecule has 2 aromatic heterocycles. The summed E-state index contributed by atoms with van der Waals surface area (Å²) in [5.74, 6) is 0.593. The zero-order valence-corrected chi connectivity index (χ0v) is 15.9. The molecular weight excluding hydrogens is 360 g/mol. The Morgan fingerprint density at radius 1 is 0.793 bits per heavy atom. The molecule has 29 heavy (non-hydrogen) atoms. The number of para-hydroxylation sites is 2. The molecule has 0 saturated heterocycles. The maximum Gasteiger partial charge on any atom is 0.269 e. The largest absolute Gasteiger partial charge is 0.269 e. The molecule has 0 aliphatic rings. The van der Waals surface area contributed by atoms with E-state index in [0.29, 0.717) is 16.9 Å². The minimum atomic E-state index is -0.139. The maximum atomic E-state index is 13.5. The van der Waals surface area contributed by atoms with Gasteiger partial charge in [-0.05, 0) is 37.3 Å². The van der Waals surface area contributed by atoms with Crippen LogP contribution < -0.4 is 5.56 Å². The molecule has 0 atom stereocenters. The molecular formula is C24H18N4O. The second-order valence-electron chi connectivity index (χ2n) is 6.91. The first kappa shape index (κ1) is 17.1. The molecule has 0 saturated carbocycles. The van der Waals surface area contributed by atoms with Crippen molar-refractivity contribution in [3.05, 3.63) is 107 Å². The fourth-order valence-electron chi connectivity index (χ4n) is 3.52. The summed E-state index contributed by atoms with van der Waals surface area (Å²) < 4.78 is 3.37. The molecule has 0 unspecified atom stereocenters. The lowest BCUT2D eigenvalue weighted by Gasteiger charge is -2.13. The van der Waals surface area contributed by atoms with Gasteiger partial charge in [0.25, 0.3) is 5.56 Å². The van der Waals surface area contributed by atoms with Crippen LogP contribution in [0.25, 0.3) is 33.8 Å². The zero-order valence-electron chi connectivity index (χ0n) is 15.9. The Balaban J connectivity index is 1.88. The highest BCUT2D eigenvalue weighted by Gasteiger charge is 2.18. The van der Waals surface area contributed by atoms with Crippen molar-refractivity contribution in [2.24, 2.45) is 0 Å². The second-order valence-corrected chi connectivity index (χ2v) is 6.91. The van der Waals surface area contributed by atoms with E-state index in [0.717, 1.165) is 22.5 Å². The molecule has 5 heteroatoms. The lowest BCUT2D eigenvalue weighted by atomic mass is 10.1. The van der Waals surface area contributed by atoms with Crippen molar-refractivity contribution in [1.82, 2.24) is 19.3 Å². The number of hydrogen-bond acceptors (Lipinski definition) is 3.